The molecule has 0 radical (unpaired) electrons. The molecule has 0 aliphatic carbocycles. The molecule has 0 aliphatic heterocycles. The molecule has 0 bridgehead atoms. The Hall–Kier alpha value is -1.80. The number of hydrogen-bond donors (Lipinski definition) is 1. The first-order chi connectivity index (χ1) is 12.1. The summed E-state index contributed by atoms with van der Waals surface area (Å²) in [5.41, 5.74) is 0.927. The van der Waals surface area contributed by atoms with Gasteiger partial charge in [0, 0.05) is 27.2 Å². The van der Waals surface area contributed by atoms with Gasteiger partial charge in [-0.1, -0.05) is 12.1 Å². The molecule has 128 valence electrons. The molecule has 0 aromatic carbocycles. The van der Waals surface area contributed by atoms with Crippen LogP contribution in [0.4, 0.5) is 0 Å². The lowest BCUT2D eigenvalue weighted by Gasteiger charge is -2.23. The van der Waals surface area contributed by atoms with Crippen LogP contribution in [0, 0.1) is 0 Å². The number of rotatable bonds is 5. The van der Waals surface area contributed by atoms with Gasteiger partial charge < -0.3 is 4.98 Å². The average Bonchev–Trinajstić information content (AvgIpc) is 3.34. The molecule has 1 atom stereocenters. The highest BCUT2D eigenvalue weighted by Gasteiger charge is 2.19. The summed E-state index contributed by atoms with van der Waals surface area (Å²) in [6, 6.07) is 8.26. The second-order valence-electron chi connectivity index (χ2n) is 5.93. The number of aromatic nitrogens is 2. The fourth-order valence-electron chi connectivity index (χ4n) is 2.77. The summed E-state index contributed by atoms with van der Waals surface area (Å²) in [5.74, 6) is 0.719. The van der Waals surface area contributed by atoms with Crippen LogP contribution in [-0.2, 0) is 6.54 Å². The van der Waals surface area contributed by atoms with Gasteiger partial charge in [-0.2, -0.15) is 0 Å². The van der Waals surface area contributed by atoms with E-state index in [2.05, 4.69) is 41.4 Å². The van der Waals surface area contributed by atoms with Crippen LogP contribution in [-0.4, -0.2) is 21.9 Å². The number of thiophene rings is 3. The van der Waals surface area contributed by atoms with Crippen molar-refractivity contribution < 1.29 is 0 Å². The van der Waals surface area contributed by atoms with Crippen LogP contribution in [0.25, 0.3) is 20.7 Å². The topological polar surface area (TPSA) is 49.0 Å². The lowest BCUT2D eigenvalue weighted by atomic mass is 10.2. The fourth-order valence-corrected chi connectivity index (χ4v) is 5.31. The summed E-state index contributed by atoms with van der Waals surface area (Å²) >= 11 is 4.92. The highest BCUT2D eigenvalue weighted by molar-refractivity contribution is 7.18. The molecule has 1 N–H and O–H groups in total. The van der Waals surface area contributed by atoms with Crippen LogP contribution < -0.4 is 5.56 Å². The van der Waals surface area contributed by atoms with Crippen LogP contribution in [0.5, 0.6) is 0 Å². The van der Waals surface area contributed by atoms with Crippen molar-refractivity contribution in [3.63, 3.8) is 0 Å². The van der Waals surface area contributed by atoms with E-state index in [0.717, 1.165) is 27.6 Å². The summed E-state index contributed by atoms with van der Waals surface area (Å²) in [6.07, 6.45) is 0. The zero-order chi connectivity index (χ0) is 17.4. The van der Waals surface area contributed by atoms with Crippen LogP contribution in [0.15, 0.2) is 45.2 Å². The molecule has 25 heavy (non-hydrogen) atoms. The van der Waals surface area contributed by atoms with Gasteiger partial charge in [0.1, 0.15) is 10.7 Å². The Bertz CT molecular complexity index is 1030. The second kappa shape index (κ2) is 6.84. The monoisotopic (exact) mass is 387 g/mol. The number of hydrogen-bond acceptors (Lipinski definition) is 6. The molecule has 0 amide bonds. The molecule has 4 aromatic rings. The van der Waals surface area contributed by atoms with E-state index in [0.29, 0.717) is 5.39 Å². The van der Waals surface area contributed by atoms with E-state index in [4.69, 9.17) is 4.98 Å². The van der Waals surface area contributed by atoms with Crippen molar-refractivity contribution in [2.75, 3.05) is 7.05 Å². The number of H-pyrrole nitrogens is 1. The average molecular weight is 388 g/mol. The Labute approximate surface area is 157 Å². The molecule has 4 nitrogen and oxygen atoms in total. The van der Waals surface area contributed by atoms with Gasteiger partial charge in [-0.25, -0.2) is 4.98 Å². The third-order valence-corrected chi connectivity index (χ3v) is 6.93. The first-order valence-electron chi connectivity index (χ1n) is 7.91. The Morgan fingerprint density at radius 3 is 2.72 bits per heavy atom. The summed E-state index contributed by atoms with van der Waals surface area (Å²) < 4.78 is 0. The quantitative estimate of drug-likeness (QED) is 0.526. The highest BCUT2D eigenvalue weighted by Crippen LogP contribution is 2.34. The lowest BCUT2D eigenvalue weighted by Crippen LogP contribution is -2.25. The fraction of sp³-hybridized carbons (Fsp3) is 0.222. The van der Waals surface area contributed by atoms with Crippen LogP contribution >= 0.6 is 34.0 Å². The minimum atomic E-state index is -0.0546. The van der Waals surface area contributed by atoms with Crippen LogP contribution in [0.3, 0.4) is 0 Å². The molecule has 0 spiro atoms. The van der Waals surface area contributed by atoms with Gasteiger partial charge >= 0.3 is 0 Å². The number of fused-ring (bicyclic) bond motifs is 1. The summed E-state index contributed by atoms with van der Waals surface area (Å²) in [5, 5.41) is 6.83. The molecule has 4 rings (SSSR count). The summed E-state index contributed by atoms with van der Waals surface area (Å²) in [7, 11) is 2.06. The van der Waals surface area contributed by atoms with Crippen molar-refractivity contribution in [1.82, 2.24) is 14.9 Å². The van der Waals surface area contributed by atoms with E-state index < -0.39 is 0 Å². The van der Waals surface area contributed by atoms with E-state index in [1.807, 2.05) is 22.9 Å². The minimum absolute atomic E-state index is 0.0338. The van der Waals surface area contributed by atoms with E-state index in [1.165, 1.54) is 16.2 Å². The molecule has 0 saturated heterocycles. The predicted octanol–water partition coefficient (Wildman–Crippen LogP) is 4.97. The van der Waals surface area contributed by atoms with Gasteiger partial charge in [-0.3, -0.25) is 9.69 Å². The van der Waals surface area contributed by atoms with E-state index in [9.17, 15) is 4.79 Å². The number of nitrogens with one attached hydrogen (secondary N) is 1. The molecular weight excluding hydrogens is 370 g/mol. The first-order valence-corrected chi connectivity index (χ1v) is 10.6. The molecule has 0 fully saturated rings. The molecule has 0 aliphatic rings. The summed E-state index contributed by atoms with van der Waals surface area (Å²) in [4.78, 5) is 25.9. The highest BCUT2D eigenvalue weighted by atomic mass is 32.1. The van der Waals surface area contributed by atoms with Gasteiger partial charge in [-0.15, -0.1) is 34.0 Å². The maximum atomic E-state index is 12.7. The van der Waals surface area contributed by atoms with Gasteiger partial charge in [0.05, 0.1) is 11.4 Å². The van der Waals surface area contributed by atoms with Crippen molar-refractivity contribution in [1.29, 1.82) is 0 Å². The smallest absolute Gasteiger partial charge is 0.260 e. The largest absolute Gasteiger partial charge is 0.309 e. The molecule has 4 aromatic heterocycles. The number of nitrogens with zero attached hydrogens (tertiary/aromatic N) is 2. The summed E-state index contributed by atoms with van der Waals surface area (Å²) in [6.45, 7) is 2.91. The minimum Gasteiger partial charge on any atom is -0.309 e. The molecular formula is C18H17N3OS3. The van der Waals surface area contributed by atoms with Gasteiger partial charge in [0.2, 0.25) is 0 Å². The van der Waals surface area contributed by atoms with Crippen molar-refractivity contribution in [3.05, 3.63) is 61.5 Å². The van der Waals surface area contributed by atoms with Gasteiger partial charge in [0.25, 0.3) is 5.56 Å². The van der Waals surface area contributed by atoms with Crippen molar-refractivity contribution in [3.8, 4) is 10.4 Å². The predicted molar refractivity (Wildman–Crippen MR) is 108 cm³/mol. The van der Waals surface area contributed by atoms with Crippen molar-refractivity contribution >= 4 is 44.2 Å². The van der Waals surface area contributed by atoms with Gasteiger partial charge in [-0.05, 0) is 36.9 Å². The standard InChI is InChI=1S/C18H17N3OS3/c1-11(21(2)9-12-5-3-7-23-12)16-19-17(22)15-13(10-25-18(15)20-16)14-6-4-8-24-14/h3-8,10-11H,9H2,1-2H3,(H,19,20,22)/t11-/m0/s1. The Morgan fingerprint density at radius 1 is 1.20 bits per heavy atom. The van der Waals surface area contributed by atoms with Gasteiger partial charge in [0.15, 0.2) is 0 Å². The van der Waals surface area contributed by atoms with E-state index in [-0.39, 0.29) is 11.6 Å². The number of aromatic amines is 1. The Kier molecular flexibility index (Phi) is 4.56. The van der Waals surface area contributed by atoms with Crippen molar-refractivity contribution in [2.45, 2.75) is 19.5 Å². The first kappa shape index (κ1) is 16.7. The Balaban J connectivity index is 1.68. The second-order valence-corrected chi connectivity index (χ2v) is 8.77. The third kappa shape index (κ3) is 3.20. The SMILES string of the molecule is C[C@@H](c1nc2scc(-c3cccs3)c2c(=O)[nH]1)N(C)Cc1cccs1. The zero-order valence-corrected chi connectivity index (χ0v) is 16.3. The van der Waals surface area contributed by atoms with E-state index >= 15 is 0 Å². The van der Waals surface area contributed by atoms with Crippen LogP contribution in [0.1, 0.15) is 23.7 Å². The normalized spacial score (nSPS) is 12.9. The van der Waals surface area contributed by atoms with Crippen LogP contribution in [0.2, 0.25) is 0 Å². The maximum absolute atomic E-state index is 12.7. The zero-order valence-electron chi connectivity index (χ0n) is 13.9. The lowest BCUT2D eigenvalue weighted by molar-refractivity contribution is 0.246. The van der Waals surface area contributed by atoms with E-state index in [1.54, 1.807) is 22.7 Å². The maximum Gasteiger partial charge on any atom is 0.260 e. The molecule has 0 unspecified atom stereocenters. The molecule has 7 heteroatoms. The van der Waals surface area contributed by atoms with Crippen molar-refractivity contribution in [2.24, 2.45) is 0 Å². The molecule has 0 saturated carbocycles. The molecule has 4 heterocycles. The Morgan fingerprint density at radius 2 is 2.00 bits per heavy atom. The third-order valence-electron chi connectivity index (χ3n) is 4.29.